The topological polar surface area (TPSA) is 30.7 Å². The van der Waals surface area contributed by atoms with Crippen molar-refractivity contribution in [1.29, 1.82) is 0 Å². The normalized spacial score (nSPS) is 14.9. The maximum absolute atomic E-state index is 5.18. The molecule has 3 heteroatoms. The fraction of sp³-hybridized carbons (Fsp3) is 0.0189. The Kier molecular flexibility index (Phi) is 6.55. The van der Waals surface area contributed by atoms with Gasteiger partial charge in [0.05, 0.1) is 33.5 Å². The zero-order chi connectivity index (χ0) is 36.8. The Bertz CT molecular complexity index is 3140. The molecule has 8 aromatic carbocycles. The second-order valence-corrected chi connectivity index (χ2v) is 14.9. The summed E-state index contributed by atoms with van der Waals surface area (Å²) in [7, 11) is 0. The van der Waals surface area contributed by atoms with Gasteiger partial charge < -0.3 is 4.57 Å². The molecule has 0 saturated heterocycles. The first-order chi connectivity index (χ1) is 27.8. The van der Waals surface area contributed by atoms with Crippen LogP contribution in [0.15, 0.2) is 200 Å². The summed E-state index contributed by atoms with van der Waals surface area (Å²) in [6.07, 6.45) is 0. The van der Waals surface area contributed by atoms with E-state index in [0.717, 1.165) is 33.6 Å². The van der Waals surface area contributed by atoms with E-state index in [-0.39, 0.29) is 0 Å². The Morgan fingerprint density at radius 3 is 1.80 bits per heavy atom. The van der Waals surface area contributed by atoms with Crippen molar-refractivity contribution in [3.63, 3.8) is 0 Å². The zero-order valence-electron chi connectivity index (χ0n) is 30.4. The smallest absolute Gasteiger partial charge is 0.160 e. The predicted molar refractivity (Wildman–Crippen MR) is 229 cm³/mol. The monoisotopic (exact) mass is 711 g/mol. The highest BCUT2D eigenvalue weighted by Crippen LogP contribution is 2.62. The third-order valence-corrected chi connectivity index (χ3v) is 12.0. The van der Waals surface area contributed by atoms with Crippen molar-refractivity contribution in [2.45, 2.75) is 5.41 Å². The van der Waals surface area contributed by atoms with Crippen LogP contribution < -0.4 is 0 Å². The summed E-state index contributed by atoms with van der Waals surface area (Å²) in [5.41, 5.74) is 18.4. The van der Waals surface area contributed by atoms with Crippen molar-refractivity contribution in [1.82, 2.24) is 14.5 Å². The van der Waals surface area contributed by atoms with Crippen LogP contribution in [0.1, 0.15) is 22.3 Å². The van der Waals surface area contributed by atoms with Crippen LogP contribution in [0.4, 0.5) is 0 Å². The SMILES string of the molecule is c1ccc(-c2cc(-c3cccc(-c4cccc5c4-c4ccccc4C54c5ccccc5-n5c6ccccc6c6cccc4c65)c3)nc(-c3ccccc3)n2)cc1. The van der Waals surface area contributed by atoms with Gasteiger partial charge in [0.2, 0.25) is 0 Å². The van der Waals surface area contributed by atoms with Gasteiger partial charge in [0, 0.05) is 27.5 Å². The maximum Gasteiger partial charge on any atom is 0.160 e. The highest BCUT2D eigenvalue weighted by Gasteiger charge is 2.51. The van der Waals surface area contributed by atoms with E-state index in [4.69, 9.17) is 9.97 Å². The van der Waals surface area contributed by atoms with E-state index in [1.807, 2.05) is 24.3 Å². The van der Waals surface area contributed by atoms with Gasteiger partial charge in [-0.3, -0.25) is 0 Å². The molecule has 10 aromatic rings. The van der Waals surface area contributed by atoms with Crippen LogP contribution in [0.3, 0.4) is 0 Å². The molecule has 3 nitrogen and oxygen atoms in total. The largest absolute Gasteiger partial charge is 0.309 e. The molecule has 0 radical (unpaired) electrons. The average molecular weight is 712 g/mol. The Morgan fingerprint density at radius 1 is 0.375 bits per heavy atom. The second-order valence-electron chi connectivity index (χ2n) is 14.9. The summed E-state index contributed by atoms with van der Waals surface area (Å²) in [4.78, 5) is 10.2. The van der Waals surface area contributed by atoms with Crippen LogP contribution in [-0.2, 0) is 5.41 Å². The molecule has 260 valence electrons. The molecule has 2 aromatic heterocycles. The van der Waals surface area contributed by atoms with Crippen LogP contribution in [0, 0.1) is 0 Å². The molecule has 12 rings (SSSR count). The Hall–Kier alpha value is -7.36. The average Bonchev–Trinajstić information content (AvgIpc) is 3.78. The Labute approximate surface area is 324 Å². The van der Waals surface area contributed by atoms with Gasteiger partial charge in [-0.1, -0.05) is 176 Å². The lowest BCUT2D eigenvalue weighted by Crippen LogP contribution is -2.33. The first-order valence-electron chi connectivity index (χ1n) is 19.3. The van der Waals surface area contributed by atoms with E-state index >= 15 is 0 Å². The number of fused-ring (bicyclic) bond motifs is 12. The molecular weight excluding hydrogens is 679 g/mol. The molecule has 1 aliphatic heterocycles. The maximum atomic E-state index is 5.18. The van der Waals surface area contributed by atoms with Crippen LogP contribution in [0.25, 0.3) is 83.6 Å². The second kappa shape index (κ2) is 11.8. The number of rotatable bonds is 4. The fourth-order valence-electron chi connectivity index (χ4n) is 9.77. The van der Waals surface area contributed by atoms with Gasteiger partial charge in [-0.25, -0.2) is 9.97 Å². The summed E-state index contributed by atoms with van der Waals surface area (Å²) in [6, 6.07) is 72.5. The van der Waals surface area contributed by atoms with Crippen molar-refractivity contribution in [2.24, 2.45) is 0 Å². The molecule has 56 heavy (non-hydrogen) atoms. The van der Waals surface area contributed by atoms with Gasteiger partial charge >= 0.3 is 0 Å². The molecule has 1 spiro atoms. The summed E-state index contributed by atoms with van der Waals surface area (Å²) < 4.78 is 2.50. The van der Waals surface area contributed by atoms with Crippen LogP contribution >= 0.6 is 0 Å². The Morgan fingerprint density at radius 2 is 0.946 bits per heavy atom. The Balaban J connectivity index is 1.11. The molecule has 0 fully saturated rings. The van der Waals surface area contributed by atoms with Crippen molar-refractivity contribution < 1.29 is 0 Å². The van der Waals surface area contributed by atoms with E-state index in [9.17, 15) is 0 Å². The third kappa shape index (κ3) is 4.22. The lowest BCUT2D eigenvalue weighted by Gasteiger charge is -2.39. The lowest BCUT2D eigenvalue weighted by atomic mass is 9.65. The highest BCUT2D eigenvalue weighted by molar-refractivity contribution is 6.13. The van der Waals surface area contributed by atoms with Gasteiger partial charge in [0.1, 0.15) is 0 Å². The standard InChI is InChI=1S/C53H33N3/c1-3-16-34(17-4-1)46-33-47(55-52(54-46)35-18-5-2-6-19-35)37-21-13-20-36(32-37)38-24-14-28-44-50(38)41-23-7-9-26-42(41)53(44)43-27-10-12-31-49(43)56-48-30-11-8-22-39(48)40-25-15-29-45(53)51(40)56/h1-33H. The summed E-state index contributed by atoms with van der Waals surface area (Å²) in [6.45, 7) is 0. The quantitative estimate of drug-likeness (QED) is 0.182. The van der Waals surface area contributed by atoms with Gasteiger partial charge in [0.25, 0.3) is 0 Å². The van der Waals surface area contributed by atoms with Crippen LogP contribution in [0.2, 0.25) is 0 Å². The summed E-state index contributed by atoms with van der Waals surface area (Å²) >= 11 is 0. The molecule has 0 N–H and O–H groups in total. The minimum absolute atomic E-state index is 0.498. The molecule has 0 saturated carbocycles. The summed E-state index contributed by atoms with van der Waals surface area (Å²) in [5.74, 6) is 0.714. The van der Waals surface area contributed by atoms with E-state index in [2.05, 4.69) is 180 Å². The van der Waals surface area contributed by atoms with E-state index in [1.165, 1.54) is 66.4 Å². The molecule has 2 aliphatic rings. The zero-order valence-corrected chi connectivity index (χ0v) is 30.4. The third-order valence-electron chi connectivity index (χ3n) is 12.0. The molecule has 0 bridgehead atoms. The van der Waals surface area contributed by atoms with Crippen LogP contribution in [-0.4, -0.2) is 14.5 Å². The van der Waals surface area contributed by atoms with Gasteiger partial charge in [0.15, 0.2) is 5.82 Å². The van der Waals surface area contributed by atoms with Gasteiger partial charge in [-0.15, -0.1) is 0 Å². The first-order valence-corrected chi connectivity index (χ1v) is 19.3. The number of para-hydroxylation sites is 3. The number of nitrogens with zero attached hydrogens (tertiary/aromatic N) is 3. The number of benzene rings is 8. The predicted octanol–water partition coefficient (Wildman–Crippen LogP) is 12.9. The van der Waals surface area contributed by atoms with Crippen molar-refractivity contribution in [3.8, 4) is 61.8 Å². The molecule has 1 atom stereocenters. The fourth-order valence-corrected chi connectivity index (χ4v) is 9.77. The molecule has 1 unspecified atom stereocenters. The first kappa shape index (κ1) is 31.0. The molecule has 3 heterocycles. The lowest BCUT2D eigenvalue weighted by molar-refractivity contribution is 0.748. The number of hydrogen-bond donors (Lipinski definition) is 0. The van der Waals surface area contributed by atoms with Crippen molar-refractivity contribution >= 4 is 21.8 Å². The minimum Gasteiger partial charge on any atom is -0.309 e. The minimum atomic E-state index is -0.498. The number of hydrogen-bond acceptors (Lipinski definition) is 2. The number of aromatic nitrogens is 3. The van der Waals surface area contributed by atoms with E-state index < -0.39 is 5.41 Å². The van der Waals surface area contributed by atoms with Crippen molar-refractivity contribution in [3.05, 3.63) is 222 Å². The highest BCUT2D eigenvalue weighted by atomic mass is 15.0. The summed E-state index contributed by atoms with van der Waals surface area (Å²) in [5, 5.41) is 2.57. The van der Waals surface area contributed by atoms with Gasteiger partial charge in [-0.05, 0) is 68.8 Å². The van der Waals surface area contributed by atoms with Gasteiger partial charge in [-0.2, -0.15) is 0 Å². The molecular formula is C53H33N3. The van der Waals surface area contributed by atoms with E-state index in [1.54, 1.807) is 0 Å². The molecule has 1 aliphatic carbocycles. The van der Waals surface area contributed by atoms with E-state index in [0.29, 0.717) is 5.82 Å². The van der Waals surface area contributed by atoms with Crippen molar-refractivity contribution in [2.75, 3.05) is 0 Å². The molecule has 0 amide bonds. The van der Waals surface area contributed by atoms with Crippen LogP contribution in [0.5, 0.6) is 0 Å².